The molecule has 1 unspecified atom stereocenters. The Labute approximate surface area is 115 Å². The van der Waals surface area contributed by atoms with Gasteiger partial charge < -0.3 is 10.2 Å². The van der Waals surface area contributed by atoms with E-state index in [1.54, 1.807) is 0 Å². The smallest absolute Gasteiger partial charge is 0.0302 e. The fourth-order valence-corrected chi connectivity index (χ4v) is 3.42. The molecule has 2 heteroatoms. The van der Waals surface area contributed by atoms with Gasteiger partial charge in [0.2, 0.25) is 0 Å². The number of nitrogens with zero attached hydrogens (tertiary/aromatic N) is 1. The van der Waals surface area contributed by atoms with Crippen molar-refractivity contribution in [3.8, 4) is 0 Å². The molecular formula is C16H34N2. The van der Waals surface area contributed by atoms with Gasteiger partial charge in [-0.15, -0.1) is 0 Å². The fraction of sp³-hybridized carbons (Fsp3) is 1.00. The molecule has 0 spiro atoms. The maximum atomic E-state index is 3.77. The van der Waals surface area contributed by atoms with Crippen LogP contribution in [0.5, 0.6) is 0 Å². The molecule has 1 fully saturated rings. The van der Waals surface area contributed by atoms with Crippen molar-refractivity contribution in [2.24, 2.45) is 11.8 Å². The van der Waals surface area contributed by atoms with Crippen LogP contribution in [0.3, 0.4) is 0 Å². The summed E-state index contributed by atoms with van der Waals surface area (Å²) in [7, 11) is 4.42. The third-order valence-corrected chi connectivity index (χ3v) is 5.28. The number of hydrogen-bond acceptors (Lipinski definition) is 2. The van der Waals surface area contributed by atoms with Crippen molar-refractivity contribution in [2.45, 2.75) is 71.4 Å². The summed E-state index contributed by atoms with van der Waals surface area (Å²) in [5.41, 5.74) is 0.236. The zero-order valence-corrected chi connectivity index (χ0v) is 13.4. The van der Waals surface area contributed by atoms with E-state index in [9.17, 15) is 0 Å². The van der Waals surface area contributed by atoms with Gasteiger partial charge in [0.25, 0.3) is 0 Å². The Morgan fingerprint density at radius 2 is 1.67 bits per heavy atom. The highest BCUT2D eigenvalue weighted by Gasteiger charge is 2.38. The Kier molecular flexibility index (Phi) is 6.13. The summed E-state index contributed by atoms with van der Waals surface area (Å²) < 4.78 is 0. The van der Waals surface area contributed by atoms with Gasteiger partial charge in [-0.3, -0.25) is 0 Å². The van der Waals surface area contributed by atoms with Gasteiger partial charge in [0.15, 0.2) is 0 Å². The van der Waals surface area contributed by atoms with Crippen LogP contribution in [0.15, 0.2) is 0 Å². The maximum Gasteiger partial charge on any atom is 0.0302 e. The molecule has 1 rings (SSSR count). The molecule has 0 radical (unpaired) electrons. The van der Waals surface area contributed by atoms with E-state index in [0.29, 0.717) is 6.04 Å². The van der Waals surface area contributed by atoms with Crippen molar-refractivity contribution < 1.29 is 0 Å². The first kappa shape index (κ1) is 16.0. The topological polar surface area (TPSA) is 15.3 Å². The van der Waals surface area contributed by atoms with Crippen molar-refractivity contribution in [1.29, 1.82) is 0 Å². The molecule has 2 nitrogen and oxygen atoms in total. The van der Waals surface area contributed by atoms with Crippen molar-refractivity contribution in [3.63, 3.8) is 0 Å². The summed E-state index contributed by atoms with van der Waals surface area (Å²) in [6, 6.07) is 0.621. The Morgan fingerprint density at radius 3 is 2.06 bits per heavy atom. The number of likely N-dealkylation sites (N-methyl/N-ethyl adjacent to an activating group) is 2. The predicted octanol–water partition coefficient (Wildman–Crippen LogP) is 3.52. The minimum atomic E-state index is 0.236. The second-order valence-corrected chi connectivity index (χ2v) is 6.77. The highest BCUT2D eigenvalue weighted by Crippen LogP contribution is 2.36. The Bertz CT molecular complexity index is 227. The minimum Gasteiger partial charge on any atom is -0.312 e. The monoisotopic (exact) mass is 254 g/mol. The SMILES string of the molecule is CCNC(C1CCC(CC)CC1)C(C)(C)N(C)C. The van der Waals surface area contributed by atoms with Crippen LogP contribution in [-0.4, -0.2) is 37.1 Å². The lowest BCUT2D eigenvalue weighted by atomic mass is 9.72. The van der Waals surface area contributed by atoms with Crippen molar-refractivity contribution in [1.82, 2.24) is 10.2 Å². The first-order chi connectivity index (χ1) is 8.43. The predicted molar refractivity (Wildman–Crippen MR) is 81.0 cm³/mol. The van der Waals surface area contributed by atoms with Crippen LogP contribution in [0.2, 0.25) is 0 Å². The molecule has 1 aliphatic carbocycles. The number of hydrogen-bond donors (Lipinski definition) is 1. The third kappa shape index (κ3) is 3.71. The zero-order valence-electron chi connectivity index (χ0n) is 13.4. The zero-order chi connectivity index (χ0) is 13.8. The average molecular weight is 254 g/mol. The number of rotatable bonds is 6. The van der Waals surface area contributed by atoms with Gasteiger partial charge in [-0.2, -0.15) is 0 Å². The quantitative estimate of drug-likeness (QED) is 0.780. The molecule has 0 bridgehead atoms. The van der Waals surface area contributed by atoms with Gasteiger partial charge in [0.1, 0.15) is 0 Å². The van der Waals surface area contributed by atoms with Crippen molar-refractivity contribution in [3.05, 3.63) is 0 Å². The van der Waals surface area contributed by atoms with E-state index in [4.69, 9.17) is 0 Å². The molecule has 0 aliphatic heterocycles. The number of nitrogens with one attached hydrogen (secondary N) is 1. The molecule has 0 aromatic carbocycles. The Hall–Kier alpha value is -0.0800. The van der Waals surface area contributed by atoms with E-state index in [1.165, 1.54) is 32.1 Å². The second kappa shape index (κ2) is 6.91. The lowest BCUT2D eigenvalue weighted by Gasteiger charge is -2.46. The van der Waals surface area contributed by atoms with E-state index in [-0.39, 0.29) is 5.54 Å². The minimum absolute atomic E-state index is 0.236. The lowest BCUT2D eigenvalue weighted by molar-refractivity contribution is 0.0798. The molecule has 0 amide bonds. The summed E-state index contributed by atoms with van der Waals surface area (Å²) in [5, 5.41) is 3.77. The summed E-state index contributed by atoms with van der Waals surface area (Å²) in [4.78, 5) is 2.38. The summed E-state index contributed by atoms with van der Waals surface area (Å²) in [5.74, 6) is 1.84. The van der Waals surface area contributed by atoms with Gasteiger partial charge in [-0.1, -0.05) is 33.1 Å². The highest BCUT2D eigenvalue weighted by atomic mass is 15.2. The Morgan fingerprint density at radius 1 is 1.11 bits per heavy atom. The van der Waals surface area contributed by atoms with Crippen LogP contribution >= 0.6 is 0 Å². The van der Waals surface area contributed by atoms with Gasteiger partial charge in [-0.25, -0.2) is 0 Å². The van der Waals surface area contributed by atoms with Crippen LogP contribution in [0.4, 0.5) is 0 Å². The maximum absolute atomic E-state index is 3.77. The van der Waals surface area contributed by atoms with Crippen LogP contribution in [0, 0.1) is 11.8 Å². The lowest BCUT2D eigenvalue weighted by Crippen LogP contribution is -2.58. The molecule has 0 saturated heterocycles. The molecule has 108 valence electrons. The van der Waals surface area contributed by atoms with E-state index < -0.39 is 0 Å². The van der Waals surface area contributed by atoms with Crippen molar-refractivity contribution >= 4 is 0 Å². The van der Waals surface area contributed by atoms with Crippen LogP contribution in [0.25, 0.3) is 0 Å². The average Bonchev–Trinajstić information content (AvgIpc) is 2.35. The first-order valence-corrected chi connectivity index (χ1v) is 7.84. The first-order valence-electron chi connectivity index (χ1n) is 7.84. The fourth-order valence-electron chi connectivity index (χ4n) is 3.42. The summed E-state index contributed by atoms with van der Waals surface area (Å²) in [6.45, 7) is 10.4. The molecule has 0 heterocycles. The molecular weight excluding hydrogens is 220 g/mol. The summed E-state index contributed by atoms with van der Waals surface area (Å²) >= 11 is 0. The van der Waals surface area contributed by atoms with Gasteiger partial charge in [0, 0.05) is 11.6 Å². The normalized spacial score (nSPS) is 27.5. The second-order valence-electron chi connectivity index (χ2n) is 6.77. The summed E-state index contributed by atoms with van der Waals surface area (Å²) in [6.07, 6.45) is 7.07. The highest BCUT2D eigenvalue weighted by molar-refractivity contribution is 4.96. The van der Waals surface area contributed by atoms with E-state index >= 15 is 0 Å². The largest absolute Gasteiger partial charge is 0.312 e. The molecule has 1 atom stereocenters. The van der Waals surface area contributed by atoms with Crippen LogP contribution < -0.4 is 5.32 Å². The standard InChI is InChI=1S/C16H34N2/c1-7-13-9-11-14(12-10-13)15(17-8-2)16(3,4)18(5)6/h13-15,17H,7-12H2,1-6H3. The van der Waals surface area contributed by atoms with Gasteiger partial charge in [0.05, 0.1) is 0 Å². The van der Waals surface area contributed by atoms with Crippen LogP contribution in [-0.2, 0) is 0 Å². The molecule has 1 saturated carbocycles. The van der Waals surface area contributed by atoms with E-state index in [1.807, 2.05) is 0 Å². The van der Waals surface area contributed by atoms with Gasteiger partial charge in [-0.05, 0) is 59.2 Å². The van der Waals surface area contributed by atoms with E-state index in [0.717, 1.165) is 18.4 Å². The van der Waals surface area contributed by atoms with Gasteiger partial charge >= 0.3 is 0 Å². The molecule has 18 heavy (non-hydrogen) atoms. The molecule has 1 aliphatic rings. The molecule has 1 N–H and O–H groups in total. The Balaban J connectivity index is 2.68. The van der Waals surface area contributed by atoms with Crippen molar-refractivity contribution in [2.75, 3.05) is 20.6 Å². The third-order valence-electron chi connectivity index (χ3n) is 5.28. The molecule has 0 aromatic rings. The molecule has 0 aromatic heterocycles. The van der Waals surface area contributed by atoms with Crippen LogP contribution in [0.1, 0.15) is 59.8 Å². The van der Waals surface area contributed by atoms with E-state index in [2.05, 4.69) is 52.0 Å².